The molecule has 2 amide bonds. The Kier molecular flexibility index (Phi) is 6.17. The molecular weight excluding hydrogens is 351 g/mol. The quantitative estimate of drug-likeness (QED) is 0.359. The maximum Gasteiger partial charge on any atom is 0.405 e. The summed E-state index contributed by atoms with van der Waals surface area (Å²) in [6.07, 6.45) is 3.60. The van der Waals surface area contributed by atoms with Gasteiger partial charge in [-0.25, -0.2) is 4.79 Å². The fraction of sp³-hybridized carbons (Fsp3) is 0.900. The van der Waals surface area contributed by atoms with Crippen LogP contribution in [-0.4, -0.2) is 46.2 Å². The minimum absolute atomic E-state index is 0.0316. The molecule has 1 saturated heterocycles. The van der Waals surface area contributed by atoms with Gasteiger partial charge in [-0.15, -0.1) is 0 Å². The first kappa shape index (κ1) is 15.2. The molecule has 17 heavy (non-hydrogen) atoms. The first-order chi connectivity index (χ1) is 7.95. The highest BCUT2D eigenvalue weighted by Gasteiger charge is 2.36. The van der Waals surface area contributed by atoms with E-state index in [4.69, 9.17) is 0 Å². The van der Waals surface area contributed by atoms with Gasteiger partial charge in [0, 0.05) is 25.2 Å². The van der Waals surface area contributed by atoms with Gasteiger partial charge in [0.05, 0.1) is 0 Å². The Balaban J connectivity index is 2.40. The van der Waals surface area contributed by atoms with Crippen molar-refractivity contribution in [3.8, 4) is 0 Å². The molecule has 1 rings (SSSR count). The van der Waals surface area contributed by atoms with E-state index in [2.05, 4.69) is 12.2 Å². The van der Waals surface area contributed by atoms with Crippen molar-refractivity contribution >= 4 is 33.9 Å². The Morgan fingerprint density at radius 1 is 1.53 bits per heavy atom. The zero-order valence-electron chi connectivity index (χ0n) is 10.2. The first-order valence-electron chi connectivity index (χ1n) is 6.11. The van der Waals surface area contributed by atoms with Gasteiger partial charge in [-0.2, -0.15) is 0 Å². The molecule has 0 aromatic heterocycles. The predicted molar refractivity (Wildman–Crippen MR) is 77.1 cm³/mol. The van der Waals surface area contributed by atoms with Gasteiger partial charge < -0.3 is 19.8 Å². The number of amides is 2. The highest BCUT2D eigenvalue weighted by Crippen LogP contribution is 2.31. The van der Waals surface area contributed by atoms with Crippen molar-refractivity contribution in [3.05, 3.63) is 0 Å². The molecule has 1 unspecified atom stereocenters. The van der Waals surface area contributed by atoms with E-state index in [1.54, 1.807) is 26.7 Å². The topological polar surface area (TPSA) is 72.8 Å². The van der Waals surface area contributed by atoms with Gasteiger partial charge in [-0.05, 0) is 34.6 Å². The van der Waals surface area contributed by atoms with E-state index in [1.165, 1.54) is 0 Å². The Hall–Kier alpha value is 0.137. The van der Waals surface area contributed by atoms with Crippen molar-refractivity contribution < 1.29 is 14.4 Å². The zero-order valence-corrected chi connectivity index (χ0v) is 13.3. The predicted octanol–water partition coefficient (Wildman–Crippen LogP) is 1.32. The molecular formula is C10H21IN2O3Si. The van der Waals surface area contributed by atoms with Crippen LogP contribution in [0.25, 0.3) is 0 Å². The first-order valence-corrected chi connectivity index (χ1v) is 11.2. The minimum atomic E-state index is -3.11. The fourth-order valence-electron chi connectivity index (χ4n) is 2.00. The number of rotatable bonds is 7. The smallest absolute Gasteiger partial charge is 0.403 e. The lowest BCUT2D eigenvalue weighted by atomic mass is 10.1. The summed E-state index contributed by atoms with van der Waals surface area (Å²) in [6.45, 7) is 4.14. The molecule has 0 saturated carbocycles. The van der Waals surface area contributed by atoms with Crippen LogP contribution in [0, 0.1) is 0 Å². The van der Waals surface area contributed by atoms with E-state index in [0.717, 1.165) is 25.8 Å². The number of carbonyl (C=O) groups excluding carboxylic acids is 1. The van der Waals surface area contributed by atoms with Crippen molar-refractivity contribution in [2.75, 3.05) is 19.6 Å². The van der Waals surface area contributed by atoms with Crippen LogP contribution in [-0.2, 0) is 0 Å². The summed E-state index contributed by atoms with van der Waals surface area (Å²) in [5, 5.41) is 2.75. The van der Waals surface area contributed by atoms with E-state index < -0.39 is 6.06 Å². The van der Waals surface area contributed by atoms with Gasteiger partial charge in [0.15, 0.2) is 0 Å². The van der Waals surface area contributed by atoms with E-state index >= 15 is 0 Å². The maximum atomic E-state index is 11.3. The maximum absolute atomic E-state index is 11.3. The van der Waals surface area contributed by atoms with Crippen LogP contribution < -0.4 is 5.32 Å². The molecule has 0 aromatic rings. The van der Waals surface area contributed by atoms with Gasteiger partial charge >= 0.3 is 12.1 Å². The molecule has 7 heteroatoms. The number of halogens is 1. The number of nitrogens with one attached hydrogen (secondary N) is 1. The average Bonchev–Trinajstić information content (AvgIpc) is 2.62. The fourth-order valence-corrected chi connectivity index (χ4v) is 4.93. The normalized spacial score (nSPS) is 18.4. The van der Waals surface area contributed by atoms with E-state index in [1.807, 2.05) is 0 Å². The van der Waals surface area contributed by atoms with Crippen LogP contribution in [0.2, 0.25) is 5.54 Å². The molecule has 100 valence electrons. The van der Waals surface area contributed by atoms with Gasteiger partial charge in [0.1, 0.15) is 0 Å². The lowest BCUT2D eigenvalue weighted by Gasteiger charge is -2.25. The number of nitrogens with zero attached hydrogens (tertiary/aromatic N) is 1. The molecule has 1 aliphatic rings. The summed E-state index contributed by atoms with van der Waals surface area (Å²) in [5.74, 6) is 0. The van der Waals surface area contributed by atoms with Crippen LogP contribution in [0.3, 0.4) is 0 Å². The third-order valence-electron chi connectivity index (χ3n) is 3.12. The molecule has 1 atom stereocenters. The molecule has 5 nitrogen and oxygen atoms in total. The largest absolute Gasteiger partial charge is 0.405 e. The Morgan fingerprint density at radius 3 is 2.71 bits per heavy atom. The van der Waals surface area contributed by atoms with Gasteiger partial charge in [-0.3, -0.25) is 0 Å². The Labute approximate surface area is 116 Å². The van der Waals surface area contributed by atoms with E-state index in [0.29, 0.717) is 19.5 Å². The number of hydrogen-bond donors (Lipinski definition) is 3. The van der Waals surface area contributed by atoms with Crippen molar-refractivity contribution in [2.45, 2.75) is 38.1 Å². The van der Waals surface area contributed by atoms with Crippen LogP contribution in [0.5, 0.6) is 0 Å². The lowest BCUT2D eigenvalue weighted by molar-refractivity contribution is 0.215. The van der Waals surface area contributed by atoms with Crippen molar-refractivity contribution in [3.63, 3.8) is 0 Å². The van der Waals surface area contributed by atoms with Crippen LogP contribution >= 0.6 is 21.8 Å². The second-order valence-electron chi connectivity index (χ2n) is 4.48. The SMILES string of the molecule is CCCCC(CCN1CCNC1=O)[Si](O)(O)I. The highest BCUT2D eigenvalue weighted by atomic mass is 127. The second-order valence-corrected chi connectivity index (χ2v) is 11.3. The number of unbranched alkanes of at least 4 members (excludes halogenated alkanes) is 1. The summed E-state index contributed by atoms with van der Waals surface area (Å²) in [4.78, 5) is 32.7. The molecule has 1 fully saturated rings. The molecule has 1 aliphatic heterocycles. The molecule has 0 bridgehead atoms. The van der Waals surface area contributed by atoms with Crippen LogP contribution in [0.15, 0.2) is 0 Å². The van der Waals surface area contributed by atoms with Crippen LogP contribution in [0.4, 0.5) is 4.79 Å². The Bertz CT molecular complexity index is 260. The number of hydrogen-bond acceptors (Lipinski definition) is 3. The summed E-state index contributed by atoms with van der Waals surface area (Å²) < 4.78 is 0. The summed E-state index contributed by atoms with van der Waals surface area (Å²) >= 11 is 1.80. The van der Waals surface area contributed by atoms with Crippen molar-refractivity contribution in [1.82, 2.24) is 10.2 Å². The summed E-state index contributed by atoms with van der Waals surface area (Å²) in [6, 6.07) is -3.14. The Morgan fingerprint density at radius 2 is 2.24 bits per heavy atom. The number of urea groups is 1. The molecule has 3 N–H and O–H groups in total. The van der Waals surface area contributed by atoms with Gasteiger partial charge in [-0.1, -0.05) is 19.8 Å². The van der Waals surface area contributed by atoms with Crippen molar-refractivity contribution in [2.24, 2.45) is 0 Å². The highest BCUT2D eigenvalue weighted by molar-refractivity contribution is 14.1. The zero-order chi connectivity index (χ0) is 12.9. The van der Waals surface area contributed by atoms with Gasteiger partial charge in [0.2, 0.25) is 0 Å². The standard InChI is InChI=1S/C10H21IN2O3Si/c1-2-3-4-9(17(11,15)16)5-7-13-8-6-12-10(13)14/h9,15-16H,2-8H2,1H3,(H,12,14). The monoisotopic (exact) mass is 372 g/mol. The molecule has 1 heterocycles. The summed E-state index contributed by atoms with van der Waals surface area (Å²) in [5.41, 5.74) is -0.0450. The molecule has 0 aliphatic carbocycles. The van der Waals surface area contributed by atoms with Crippen LogP contribution in [0.1, 0.15) is 32.6 Å². The molecule has 0 spiro atoms. The molecule has 0 aromatic carbocycles. The summed E-state index contributed by atoms with van der Waals surface area (Å²) in [7, 11) is 0. The average molecular weight is 372 g/mol. The van der Waals surface area contributed by atoms with E-state index in [9.17, 15) is 14.4 Å². The van der Waals surface area contributed by atoms with Gasteiger partial charge in [0.25, 0.3) is 0 Å². The van der Waals surface area contributed by atoms with E-state index in [-0.39, 0.29) is 11.6 Å². The molecule has 0 radical (unpaired) electrons. The van der Waals surface area contributed by atoms with Crippen molar-refractivity contribution in [1.29, 1.82) is 0 Å². The lowest BCUT2D eigenvalue weighted by Crippen LogP contribution is -2.37. The second kappa shape index (κ2) is 6.91. The third-order valence-corrected chi connectivity index (χ3v) is 7.38. The minimum Gasteiger partial charge on any atom is -0.403 e. The number of carbonyl (C=O) groups is 1. The third kappa shape index (κ3) is 5.10.